The molecule has 2 N–H and O–H groups in total. The molecule has 2 aliphatic rings. The Morgan fingerprint density at radius 2 is 2.33 bits per heavy atom. The lowest BCUT2D eigenvalue weighted by molar-refractivity contribution is -0.121. The highest BCUT2D eigenvalue weighted by molar-refractivity contribution is 6.31. The molecule has 1 unspecified atom stereocenters. The lowest BCUT2D eigenvalue weighted by atomic mass is 9.82. The molecule has 0 spiro atoms. The first-order valence-electron chi connectivity index (χ1n) is 7.87. The molecule has 3 rings (SSSR count). The van der Waals surface area contributed by atoms with Gasteiger partial charge in [0, 0.05) is 10.5 Å². The van der Waals surface area contributed by atoms with E-state index in [1.54, 1.807) is 6.07 Å². The van der Waals surface area contributed by atoms with Crippen molar-refractivity contribution in [3.8, 4) is 0 Å². The van der Waals surface area contributed by atoms with Crippen molar-refractivity contribution < 1.29 is 10.3 Å². The third kappa shape index (κ3) is 1.67. The predicted molar refractivity (Wildman–Crippen MR) is 73.3 cm³/mol. The molecule has 0 bridgehead atoms. The molecule has 0 saturated heterocycles. The number of amides is 1. The van der Waals surface area contributed by atoms with Crippen LogP contribution in [0.1, 0.15) is 41.3 Å². The number of carbonyl (C=O) groups is 1. The number of benzene rings is 1. The quantitative estimate of drug-likeness (QED) is 0.832. The minimum atomic E-state index is -2.32. The summed E-state index contributed by atoms with van der Waals surface area (Å²) < 4.78 is 32.3. The molecule has 1 atom stereocenters. The van der Waals surface area contributed by atoms with E-state index >= 15 is 0 Å². The Balaban J connectivity index is 2.22. The molecule has 0 aliphatic heterocycles. The van der Waals surface area contributed by atoms with Crippen molar-refractivity contribution in [1.29, 1.82) is 0 Å². The van der Waals surface area contributed by atoms with Crippen LogP contribution in [0.25, 0.3) is 5.57 Å². The molecule has 0 radical (unpaired) electrons. The molecule has 2 aliphatic carbocycles. The summed E-state index contributed by atoms with van der Waals surface area (Å²) in [6, 6.07) is 3.70. The van der Waals surface area contributed by atoms with E-state index in [9.17, 15) is 4.79 Å². The zero-order chi connectivity index (χ0) is 16.4. The number of rotatable bonds is 1. The maximum Gasteiger partial charge on any atom is 0.224 e. The second-order valence-electron chi connectivity index (χ2n) is 4.77. The Kier molecular flexibility index (Phi) is 1.84. The molecule has 0 aromatic heterocycles. The Hall–Kier alpha value is -1.28. The van der Waals surface area contributed by atoms with Crippen LogP contribution in [-0.4, -0.2) is 5.91 Å². The summed E-state index contributed by atoms with van der Waals surface area (Å²) in [5.74, 6) is -2.07. The van der Waals surface area contributed by atoms with E-state index < -0.39 is 24.6 Å². The number of primary amides is 1. The number of carbonyl (C=O) groups excluding carboxylic acids is 1. The van der Waals surface area contributed by atoms with Gasteiger partial charge in [0.2, 0.25) is 5.91 Å². The number of hydrogen-bond acceptors (Lipinski definition) is 1. The van der Waals surface area contributed by atoms with Crippen molar-refractivity contribution in [3.05, 3.63) is 39.4 Å². The lowest BCUT2D eigenvalue weighted by Gasteiger charge is -2.22. The van der Waals surface area contributed by atoms with Crippen LogP contribution < -0.4 is 5.73 Å². The van der Waals surface area contributed by atoms with Crippen molar-refractivity contribution in [2.24, 2.45) is 11.7 Å². The maximum absolute atomic E-state index is 11.8. The average molecular weight is 266 g/mol. The van der Waals surface area contributed by atoms with E-state index in [1.807, 2.05) is 13.0 Å². The van der Waals surface area contributed by atoms with Crippen LogP contribution in [0.15, 0.2) is 17.7 Å². The van der Waals surface area contributed by atoms with Gasteiger partial charge in [-0.1, -0.05) is 17.7 Å². The number of hydrogen-bond donors (Lipinski definition) is 1. The zero-order valence-electron chi connectivity index (χ0n) is 14.0. The van der Waals surface area contributed by atoms with Gasteiger partial charge < -0.3 is 5.73 Å². The largest absolute Gasteiger partial charge is 0.369 e. The fraction of sp³-hybridized carbons (Fsp3) is 0.400. The Morgan fingerprint density at radius 3 is 3.06 bits per heavy atom. The van der Waals surface area contributed by atoms with Gasteiger partial charge in [-0.15, -0.1) is 0 Å². The van der Waals surface area contributed by atoms with Crippen molar-refractivity contribution in [2.75, 3.05) is 0 Å². The summed E-state index contributed by atoms with van der Waals surface area (Å²) >= 11 is 6.17. The summed E-state index contributed by atoms with van der Waals surface area (Å²) in [5.41, 5.74) is 9.36. The second-order valence-corrected chi connectivity index (χ2v) is 5.18. The highest BCUT2D eigenvalue weighted by Gasteiger charge is 2.33. The molecule has 0 saturated carbocycles. The summed E-state index contributed by atoms with van der Waals surface area (Å²) in [4.78, 5) is 11.8. The number of nitrogens with two attached hydrogens (primary N) is 1. The van der Waals surface area contributed by atoms with Crippen molar-refractivity contribution in [1.82, 2.24) is 0 Å². The number of fused-ring (bicyclic) bond motifs is 2. The fourth-order valence-corrected chi connectivity index (χ4v) is 2.87. The van der Waals surface area contributed by atoms with Gasteiger partial charge in [0.25, 0.3) is 0 Å². The first-order valence-corrected chi connectivity index (χ1v) is 6.24. The van der Waals surface area contributed by atoms with Crippen LogP contribution in [0.4, 0.5) is 0 Å². The van der Waals surface area contributed by atoms with Crippen molar-refractivity contribution in [3.63, 3.8) is 0 Å². The van der Waals surface area contributed by atoms with Gasteiger partial charge >= 0.3 is 0 Å². The highest BCUT2D eigenvalue weighted by atomic mass is 35.5. The van der Waals surface area contributed by atoms with E-state index in [2.05, 4.69) is 0 Å². The molecule has 0 heterocycles. The van der Waals surface area contributed by atoms with E-state index in [4.69, 9.17) is 22.8 Å². The highest BCUT2D eigenvalue weighted by Crippen LogP contribution is 2.45. The molecule has 2 nitrogen and oxygen atoms in total. The second kappa shape index (κ2) is 4.13. The first kappa shape index (κ1) is 8.00. The van der Waals surface area contributed by atoms with Gasteiger partial charge in [0.05, 0.1) is 5.92 Å². The molecular weight excluding hydrogens is 246 g/mol. The molecule has 94 valence electrons. The standard InChI is InChI=1S/C15H16ClNO/c1-8-5-9-6-13-10(12(9)7-14(8)16)3-2-4-11(13)15(17)18/h5,7,11H,2-4,6H2,1H3,(H2,17,18)/i2D2,4D2. The molecule has 1 aromatic carbocycles. The van der Waals surface area contributed by atoms with Gasteiger partial charge in [-0.25, -0.2) is 0 Å². The first-order chi connectivity index (χ1) is 10.1. The normalized spacial score (nSPS) is 30.7. The van der Waals surface area contributed by atoms with E-state index in [1.165, 1.54) is 0 Å². The van der Waals surface area contributed by atoms with Gasteiger partial charge in [0.1, 0.15) is 0 Å². The molecular formula is C15H16ClNO. The minimum absolute atomic E-state index is 0.0779. The maximum atomic E-state index is 11.8. The molecule has 1 aromatic rings. The fourth-order valence-electron chi connectivity index (χ4n) is 2.71. The monoisotopic (exact) mass is 265 g/mol. The zero-order valence-corrected chi connectivity index (χ0v) is 10.8. The van der Waals surface area contributed by atoms with Crippen LogP contribution >= 0.6 is 11.6 Å². The predicted octanol–water partition coefficient (Wildman–Crippen LogP) is 3.24. The van der Waals surface area contributed by atoms with Gasteiger partial charge in [-0.05, 0) is 66.4 Å². The molecule has 18 heavy (non-hydrogen) atoms. The Labute approximate surface area is 117 Å². The van der Waals surface area contributed by atoms with Gasteiger partial charge in [0.15, 0.2) is 0 Å². The Bertz CT molecular complexity index is 726. The van der Waals surface area contributed by atoms with E-state index in [0.29, 0.717) is 22.6 Å². The van der Waals surface area contributed by atoms with E-state index in [-0.39, 0.29) is 6.42 Å². The van der Waals surface area contributed by atoms with Gasteiger partial charge in [-0.3, -0.25) is 4.79 Å². The summed E-state index contributed by atoms with van der Waals surface area (Å²) in [5, 5.41) is 0.581. The van der Waals surface area contributed by atoms with Crippen LogP contribution in [0, 0.1) is 12.8 Å². The van der Waals surface area contributed by atoms with Crippen LogP contribution in [0.2, 0.25) is 5.02 Å². The number of aryl methyl sites for hydroxylation is 1. The van der Waals surface area contributed by atoms with Crippen molar-refractivity contribution >= 4 is 23.1 Å². The number of halogens is 1. The SMILES string of the molecule is [2H]C1([2H])CC2=C(Cc3cc(C)c(Cl)cc32)C(C(N)=O)C1([2H])[2H]. The summed E-state index contributed by atoms with van der Waals surface area (Å²) in [6.45, 7) is 1.88. The molecule has 0 fully saturated rings. The minimum Gasteiger partial charge on any atom is -0.369 e. The van der Waals surface area contributed by atoms with Crippen LogP contribution in [0.3, 0.4) is 0 Å². The average Bonchev–Trinajstić information content (AvgIpc) is 2.66. The Morgan fingerprint density at radius 1 is 1.56 bits per heavy atom. The molecule has 3 heteroatoms. The summed E-state index contributed by atoms with van der Waals surface area (Å²) in [7, 11) is 0. The lowest BCUT2D eigenvalue weighted by Crippen LogP contribution is -2.27. The molecule has 1 amide bonds. The topological polar surface area (TPSA) is 43.1 Å². The smallest absolute Gasteiger partial charge is 0.224 e. The summed E-state index contributed by atoms with van der Waals surface area (Å²) in [6.07, 6.45) is -4.14. The van der Waals surface area contributed by atoms with Crippen LogP contribution in [0.5, 0.6) is 0 Å². The van der Waals surface area contributed by atoms with Crippen molar-refractivity contribution in [2.45, 2.75) is 32.5 Å². The van der Waals surface area contributed by atoms with E-state index in [0.717, 1.165) is 16.7 Å². The third-order valence-corrected chi connectivity index (χ3v) is 4.03. The number of allylic oxidation sites excluding steroid dienone is 1. The van der Waals surface area contributed by atoms with Gasteiger partial charge in [-0.2, -0.15) is 0 Å². The third-order valence-electron chi connectivity index (χ3n) is 3.62. The van der Waals surface area contributed by atoms with Crippen LogP contribution in [-0.2, 0) is 11.2 Å².